The lowest BCUT2D eigenvalue weighted by atomic mass is 10.3. The predicted molar refractivity (Wildman–Crippen MR) is 56.3 cm³/mol. The molecule has 0 amide bonds. The fourth-order valence-corrected chi connectivity index (χ4v) is 1.89. The van der Waals surface area contributed by atoms with Crippen LogP contribution >= 0.6 is 0 Å². The average Bonchev–Trinajstić information content (AvgIpc) is 2.87. The third kappa shape index (κ3) is 1.09. The monoisotopic (exact) mass is 187 g/mol. The van der Waals surface area contributed by atoms with Gasteiger partial charge < -0.3 is 10.1 Å². The average molecular weight is 187 g/mol. The number of nitrogens with two attached hydrogens (primary N) is 1. The van der Waals surface area contributed by atoms with Crippen LogP contribution in [0.15, 0.2) is 18.5 Å². The minimum absolute atomic E-state index is 0.704. The lowest BCUT2D eigenvalue weighted by molar-refractivity contribution is 1.06. The van der Waals surface area contributed by atoms with Crippen LogP contribution in [0, 0.1) is 6.92 Å². The van der Waals surface area contributed by atoms with Crippen molar-refractivity contribution in [2.45, 2.75) is 25.7 Å². The van der Waals surface area contributed by atoms with Crippen LogP contribution in [0.5, 0.6) is 0 Å². The summed E-state index contributed by atoms with van der Waals surface area (Å²) >= 11 is 0. The number of nitrogens with zero attached hydrogens (tertiary/aromatic N) is 2. The Morgan fingerprint density at radius 1 is 1.43 bits per heavy atom. The van der Waals surface area contributed by atoms with Crippen LogP contribution < -0.4 is 5.73 Å². The van der Waals surface area contributed by atoms with E-state index in [9.17, 15) is 0 Å². The molecule has 2 heterocycles. The van der Waals surface area contributed by atoms with Crippen molar-refractivity contribution < 1.29 is 0 Å². The van der Waals surface area contributed by atoms with Gasteiger partial charge in [0.15, 0.2) is 0 Å². The van der Waals surface area contributed by atoms with Gasteiger partial charge in [0, 0.05) is 24.0 Å². The highest BCUT2D eigenvalue weighted by atomic mass is 15.0. The Kier molecular flexibility index (Phi) is 1.40. The van der Waals surface area contributed by atoms with Gasteiger partial charge in [-0.2, -0.15) is 0 Å². The van der Waals surface area contributed by atoms with Crippen LogP contribution in [-0.2, 0) is 0 Å². The summed E-state index contributed by atoms with van der Waals surface area (Å²) in [5.74, 6) is 0.704. The molecule has 3 nitrogen and oxygen atoms in total. The number of aryl methyl sites for hydroxylation is 1. The van der Waals surface area contributed by atoms with Crippen molar-refractivity contribution >= 4 is 11.3 Å². The summed E-state index contributed by atoms with van der Waals surface area (Å²) < 4.78 is 2.04. The third-order valence-electron chi connectivity index (χ3n) is 2.77. The van der Waals surface area contributed by atoms with Crippen LogP contribution in [0.3, 0.4) is 0 Å². The molecule has 2 aromatic rings. The van der Waals surface area contributed by atoms with Gasteiger partial charge in [-0.15, -0.1) is 0 Å². The van der Waals surface area contributed by atoms with Crippen LogP contribution in [-0.4, -0.2) is 9.38 Å². The highest BCUT2D eigenvalue weighted by molar-refractivity contribution is 5.55. The van der Waals surface area contributed by atoms with Gasteiger partial charge in [0.1, 0.15) is 5.65 Å². The number of imidazole rings is 1. The largest absolute Gasteiger partial charge is 0.398 e. The van der Waals surface area contributed by atoms with E-state index in [2.05, 4.69) is 18.1 Å². The molecule has 1 aliphatic rings. The fourth-order valence-electron chi connectivity index (χ4n) is 1.89. The molecule has 1 aliphatic carbocycles. The molecule has 0 atom stereocenters. The zero-order chi connectivity index (χ0) is 9.71. The Balaban J connectivity index is 2.26. The number of anilines is 1. The molecule has 0 unspecified atom stereocenters. The Morgan fingerprint density at radius 3 is 2.93 bits per heavy atom. The summed E-state index contributed by atoms with van der Waals surface area (Å²) in [7, 11) is 0. The Labute approximate surface area is 82.6 Å². The Hall–Kier alpha value is -1.51. The fraction of sp³-hybridized carbons (Fsp3) is 0.364. The van der Waals surface area contributed by atoms with E-state index in [1.165, 1.54) is 18.5 Å². The second-order valence-corrected chi connectivity index (χ2v) is 4.13. The van der Waals surface area contributed by atoms with Crippen molar-refractivity contribution in [1.29, 1.82) is 0 Å². The molecule has 0 radical (unpaired) electrons. The molecule has 0 spiro atoms. The molecule has 1 saturated carbocycles. The number of rotatable bonds is 1. The van der Waals surface area contributed by atoms with Gasteiger partial charge in [0.05, 0.1) is 5.69 Å². The van der Waals surface area contributed by atoms with Gasteiger partial charge in [-0.25, -0.2) is 4.98 Å². The zero-order valence-corrected chi connectivity index (χ0v) is 8.20. The van der Waals surface area contributed by atoms with E-state index in [0.717, 1.165) is 16.9 Å². The number of hydrogen-bond acceptors (Lipinski definition) is 2. The maximum atomic E-state index is 5.78. The molecular weight excluding hydrogens is 174 g/mol. The van der Waals surface area contributed by atoms with Crippen molar-refractivity contribution in [3.63, 3.8) is 0 Å². The lowest BCUT2D eigenvalue weighted by Crippen LogP contribution is -1.92. The molecule has 14 heavy (non-hydrogen) atoms. The van der Waals surface area contributed by atoms with Gasteiger partial charge in [0.2, 0.25) is 0 Å². The van der Waals surface area contributed by atoms with E-state index in [-0.39, 0.29) is 0 Å². The number of fused-ring (bicyclic) bond motifs is 1. The molecule has 2 aromatic heterocycles. The normalized spacial score (nSPS) is 16.4. The summed E-state index contributed by atoms with van der Waals surface area (Å²) in [6, 6.07) is 1.97. The first kappa shape index (κ1) is 7.85. The molecular formula is C11H13N3. The number of nitrogen functional groups attached to an aromatic ring is 1. The molecule has 3 rings (SSSR count). The maximum Gasteiger partial charge on any atom is 0.140 e. The van der Waals surface area contributed by atoms with Crippen LogP contribution in [0.1, 0.15) is 30.0 Å². The highest BCUT2D eigenvalue weighted by Gasteiger charge is 2.26. The van der Waals surface area contributed by atoms with Gasteiger partial charge in [-0.3, -0.25) is 0 Å². The second kappa shape index (κ2) is 2.50. The van der Waals surface area contributed by atoms with Crippen LogP contribution in [0.2, 0.25) is 0 Å². The zero-order valence-electron chi connectivity index (χ0n) is 8.20. The second-order valence-electron chi connectivity index (χ2n) is 4.13. The molecule has 0 aliphatic heterocycles. The minimum Gasteiger partial charge on any atom is -0.398 e. The van der Waals surface area contributed by atoms with Gasteiger partial charge in [0.25, 0.3) is 0 Å². The summed E-state index contributed by atoms with van der Waals surface area (Å²) in [6.45, 7) is 2.05. The molecule has 72 valence electrons. The number of aromatic nitrogens is 2. The third-order valence-corrected chi connectivity index (χ3v) is 2.77. The Bertz CT molecular complexity index is 494. The summed E-state index contributed by atoms with van der Waals surface area (Å²) in [5, 5.41) is 0. The minimum atomic E-state index is 0.704. The van der Waals surface area contributed by atoms with E-state index in [4.69, 9.17) is 5.73 Å². The first-order chi connectivity index (χ1) is 6.74. The molecule has 0 saturated heterocycles. The lowest BCUT2D eigenvalue weighted by Gasteiger charge is -1.98. The van der Waals surface area contributed by atoms with Crippen molar-refractivity contribution in [2.24, 2.45) is 0 Å². The topological polar surface area (TPSA) is 43.3 Å². The van der Waals surface area contributed by atoms with E-state index in [1.54, 1.807) is 0 Å². The van der Waals surface area contributed by atoms with Crippen LogP contribution in [0.25, 0.3) is 5.65 Å². The smallest absolute Gasteiger partial charge is 0.140 e. The number of hydrogen-bond donors (Lipinski definition) is 1. The van der Waals surface area contributed by atoms with Crippen molar-refractivity contribution in [2.75, 3.05) is 5.73 Å². The molecule has 1 fully saturated rings. The molecule has 0 aromatic carbocycles. The first-order valence-electron chi connectivity index (χ1n) is 4.99. The maximum absolute atomic E-state index is 5.78. The summed E-state index contributed by atoms with van der Waals surface area (Å²) in [5.41, 5.74) is 9.99. The molecule has 3 heteroatoms. The van der Waals surface area contributed by atoms with Crippen molar-refractivity contribution in [3.05, 3.63) is 29.7 Å². The number of pyridine rings is 1. The predicted octanol–water partition coefficient (Wildman–Crippen LogP) is 2.10. The van der Waals surface area contributed by atoms with E-state index >= 15 is 0 Å². The van der Waals surface area contributed by atoms with Crippen molar-refractivity contribution in [3.8, 4) is 0 Å². The van der Waals surface area contributed by atoms with Crippen molar-refractivity contribution in [1.82, 2.24) is 9.38 Å². The highest BCUT2D eigenvalue weighted by Crippen LogP contribution is 2.39. The quantitative estimate of drug-likeness (QED) is 0.743. The first-order valence-corrected chi connectivity index (χ1v) is 4.99. The van der Waals surface area contributed by atoms with E-state index < -0.39 is 0 Å². The van der Waals surface area contributed by atoms with Crippen LogP contribution in [0.4, 0.5) is 5.69 Å². The summed E-state index contributed by atoms with van der Waals surface area (Å²) in [4.78, 5) is 4.62. The van der Waals surface area contributed by atoms with E-state index in [1.807, 2.05) is 16.7 Å². The van der Waals surface area contributed by atoms with Gasteiger partial charge in [-0.1, -0.05) is 0 Å². The standard InChI is InChI=1S/C11H13N3/c1-7-4-9(12)5-14-6-10(8-2-3-8)13-11(7)14/h4-6,8H,2-3,12H2,1H3. The molecule has 2 N–H and O–H groups in total. The van der Waals surface area contributed by atoms with Gasteiger partial charge in [-0.05, 0) is 31.4 Å². The molecule has 0 bridgehead atoms. The van der Waals surface area contributed by atoms with Gasteiger partial charge >= 0.3 is 0 Å². The van der Waals surface area contributed by atoms with E-state index in [0.29, 0.717) is 5.92 Å². The summed E-state index contributed by atoms with van der Waals surface area (Å²) in [6.07, 6.45) is 6.62. The Morgan fingerprint density at radius 2 is 2.21 bits per heavy atom. The SMILES string of the molecule is Cc1cc(N)cn2cc(C3CC3)nc12.